The number of halogens is 4. The van der Waals surface area contributed by atoms with Crippen LogP contribution in [-0.2, 0) is 0 Å². The first-order valence-corrected chi connectivity index (χ1v) is 7.95. The number of methoxy groups -OCH3 is 1. The van der Waals surface area contributed by atoms with Gasteiger partial charge in [0.2, 0.25) is 0 Å². The number of benzene rings is 2. The minimum atomic E-state index is -0.247. The van der Waals surface area contributed by atoms with Crippen molar-refractivity contribution in [1.29, 1.82) is 0 Å². The number of alkyl halides is 1. The SMILES string of the molecule is COc1ccc(C(Br)c2ccc(Br)cc2F)cc1Br. The predicted octanol–water partition coefficient (Wildman–Crippen LogP) is 5.84. The molecule has 0 N–H and O–H groups in total. The van der Waals surface area contributed by atoms with Crippen LogP contribution < -0.4 is 4.74 Å². The van der Waals surface area contributed by atoms with Crippen molar-refractivity contribution in [2.24, 2.45) is 0 Å². The average Bonchev–Trinajstić information content (AvgIpc) is 2.38. The molecule has 0 aromatic heterocycles. The molecular formula is C14H10Br3FO. The van der Waals surface area contributed by atoms with Gasteiger partial charge >= 0.3 is 0 Å². The van der Waals surface area contributed by atoms with Crippen molar-refractivity contribution in [3.8, 4) is 5.75 Å². The zero-order chi connectivity index (χ0) is 14.0. The second-order valence-electron chi connectivity index (χ2n) is 3.92. The molecule has 0 bridgehead atoms. The van der Waals surface area contributed by atoms with Crippen molar-refractivity contribution in [2.45, 2.75) is 4.83 Å². The Bertz CT molecular complexity index is 601. The van der Waals surface area contributed by atoms with Crippen LogP contribution >= 0.6 is 47.8 Å². The first kappa shape index (κ1) is 15.0. The summed E-state index contributed by atoms with van der Waals surface area (Å²) in [4.78, 5) is -0.206. The highest BCUT2D eigenvalue weighted by Crippen LogP contribution is 2.36. The molecule has 1 nitrogen and oxygen atoms in total. The third kappa shape index (κ3) is 3.38. The molecule has 100 valence electrons. The lowest BCUT2D eigenvalue weighted by atomic mass is 10.0. The highest BCUT2D eigenvalue weighted by Gasteiger charge is 2.16. The lowest BCUT2D eigenvalue weighted by molar-refractivity contribution is 0.412. The summed E-state index contributed by atoms with van der Waals surface area (Å²) < 4.78 is 20.7. The van der Waals surface area contributed by atoms with E-state index in [9.17, 15) is 4.39 Å². The van der Waals surface area contributed by atoms with Crippen LogP contribution in [-0.4, -0.2) is 7.11 Å². The van der Waals surface area contributed by atoms with Gasteiger partial charge in [-0.2, -0.15) is 0 Å². The molecule has 2 rings (SSSR count). The number of hydrogen-bond donors (Lipinski definition) is 0. The van der Waals surface area contributed by atoms with Gasteiger partial charge in [0.1, 0.15) is 11.6 Å². The summed E-state index contributed by atoms with van der Waals surface area (Å²) in [7, 11) is 1.61. The topological polar surface area (TPSA) is 9.23 Å². The maximum absolute atomic E-state index is 13.9. The van der Waals surface area contributed by atoms with E-state index in [1.807, 2.05) is 24.3 Å². The van der Waals surface area contributed by atoms with Crippen LogP contribution in [0.1, 0.15) is 16.0 Å². The Labute approximate surface area is 136 Å². The summed E-state index contributed by atoms with van der Waals surface area (Å²) in [5, 5.41) is 0. The van der Waals surface area contributed by atoms with Crippen LogP contribution in [0.25, 0.3) is 0 Å². The summed E-state index contributed by atoms with van der Waals surface area (Å²) in [5.41, 5.74) is 1.55. The molecule has 2 aromatic rings. The Hall–Kier alpha value is -0.390. The largest absolute Gasteiger partial charge is 0.496 e. The Morgan fingerprint density at radius 2 is 1.84 bits per heavy atom. The normalized spacial score (nSPS) is 12.3. The van der Waals surface area contributed by atoms with E-state index in [1.54, 1.807) is 13.2 Å². The predicted molar refractivity (Wildman–Crippen MR) is 85.6 cm³/mol. The first-order chi connectivity index (χ1) is 9.02. The molecule has 0 heterocycles. The second-order valence-corrected chi connectivity index (χ2v) is 6.61. The molecule has 19 heavy (non-hydrogen) atoms. The minimum absolute atomic E-state index is 0.206. The molecule has 1 atom stereocenters. The fraction of sp³-hybridized carbons (Fsp3) is 0.143. The lowest BCUT2D eigenvalue weighted by Crippen LogP contribution is -1.97. The van der Waals surface area contributed by atoms with Gasteiger partial charge in [0.15, 0.2) is 0 Å². The van der Waals surface area contributed by atoms with Crippen LogP contribution in [0.15, 0.2) is 45.3 Å². The molecule has 0 fully saturated rings. The van der Waals surface area contributed by atoms with Gasteiger partial charge in [-0.1, -0.05) is 44.0 Å². The zero-order valence-electron chi connectivity index (χ0n) is 9.96. The Balaban J connectivity index is 2.38. The van der Waals surface area contributed by atoms with Crippen LogP contribution in [0.2, 0.25) is 0 Å². The maximum Gasteiger partial charge on any atom is 0.133 e. The molecule has 0 aliphatic rings. The van der Waals surface area contributed by atoms with Crippen LogP contribution in [0.4, 0.5) is 4.39 Å². The van der Waals surface area contributed by atoms with Crippen molar-refractivity contribution in [1.82, 2.24) is 0 Å². The smallest absolute Gasteiger partial charge is 0.133 e. The third-order valence-corrected chi connectivity index (χ3v) is 4.84. The Morgan fingerprint density at radius 1 is 1.11 bits per heavy atom. The fourth-order valence-corrected chi connectivity index (χ4v) is 3.27. The van der Waals surface area contributed by atoms with Gasteiger partial charge in [0.05, 0.1) is 16.4 Å². The monoisotopic (exact) mass is 450 g/mol. The second kappa shape index (κ2) is 6.37. The molecule has 5 heteroatoms. The van der Waals surface area contributed by atoms with Gasteiger partial charge in [-0.3, -0.25) is 0 Å². The highest BCUT2D eigenvalue weighted by molar-refractivity contribution is 9.11. The number of ether oxygens (including phenoxy) is 1. The third-order valence-electron chi connectivity index (χ3n) is 2.70. The fourth-order valence-electron chi connectivity index (χ4n) is 1.73. The summed E-state index contributed by atoms with van der Waals surface area (Å²) in [5.74, 6) is 0.503. The molecular weight excluding hydrogens is 443 g/mol. The van der Waals surface area contributed by atoms with E-state index in [-0.39, 0.29) is 10.6 Å². The van der Waals surface area contributed by atoms with E-state index >= 15 is 0 Å². The van der Waals surface area contributed by atoms with E-state index in [2.05, 4.69) is 47.8 Å². The first-order valence-electron chi connectivity index (χ1n) is 5.45. The molecule has 0 spiro atoms. The van der Waals surface area contributed by atoms with Crippen molar-refractivity contribution in [2.75, 3.05) is 7.11 Å². The summed E-state index contributed by atoms with van der Waals surface area (Å²) in [6.45, 7) is 0. The molecule has 0 saturated heterocycles. The summed E-state index contributed by atoms with van der Waals surface area (Å²) >= 11 is 10.2. The Kier molecular flexibility index (Phi) is 5.03. The van der Waals surface area contributed by atoms with Gasteiger partial charge in [-0.05, 0) is 45.8 Å². The van der Waals surface area contributed by atoms with Crippen LogP contribution in [0.3, 0.4) is 0 Å². The van der Waals surface area contributed by atoms with E-state index in [4.69, 9.17) is 4.74 Å². The van der Waals surface area contributed by atoms with Crippen molar-refractivity contribution >= 4 is 47.8 Å². The number of hydrogen-bond acceptors (Lipinski definition) is 1. The van der Waals surface area contributed by atoms with E-state index in [1.165, 1.54) is 6.07 Å². The summed E-state index contributed by atoms with van der Waals surface area (Å²) in [6.07, 6.45) is 0. The quantitative estimate of drug-likeness (QED) is 0.531. The molecule has 0 aliphatic carbocycles. The molecule has 0 aliphatic heterocycles. The van der Waals surface area contributed by atoms with Crippen LogP contribution in [0.5, 0.6) is 5.75 Å². The van der Waals surface area contributed by atoms with Gasteiger partial charge < -0.3 is 4.74 Å². The zero-order valence-corrected chi connectivity index (χ0v) is 14.7. The minimum Gasteiger partial charge on any atom is -0.496 e. The maximum atomic E-state index is 13.9. The molecule has 0 saturated carbocycles. The van der Waals surface area contributed by atoms with Gasteiger partial charge in [0.25, 0.3) is 0 Å². The molecule has 2 aromatic carbocycles. The average molecular weight is 453 g/mol. The van der Waals surface area contributed by atoms with E-state index < -0.39 is 0 Å². The van der Waals surface area contributed by atoms with E-state index in [0.717, 1.165) is 20.3 Å². The van der Waals surface area contributed by atoms with Gasteiger partial charge in [0, 0.05) is 10.0 Å². The van der Waals surface area contributed by atoms with Crippen molar-refractivity contribution < 1.29 is 9.13 Å². The van der Waals surface area contributed by atoms with Crippen molar-refractivity contribution in [3.63, 3.8) is 0 Å². The summed E-state index contributed by atoms with van der Waals surface area (Å²) in [6, 6.07) is 10.7. The molecule has 0 radical (unpaired) electrons. The lowest BCUT2D eigenvalue weighted by Gasteiger charge is -2.13. The van der Waals surface area contributed by atoms with Crippen LogP contribution in [0, 0.1) is 5.82 Å². The highest BCUT2D eigenvalue weighted by atomic mass is 79.9. The van der Waals surface area contributed by atoms with Crippen molar-refractivity contribution in [3.05, 3.63) is 62.3 Å². The van der Waals surface area contributed by atoms with E-state index in [0.29, 0.717) is 5.56 Å². The van der Waals surface area contributed by atoms with Gasteiger partial charge in [-0.25, -0.2) is 4.39 Å². The van der Waals surface area contributed by atoms with Gasteiger partial charge in [-0.15, -0.1) is 0 Å². The number of rotatable bonds is 3. The Morgan fingerprint density at radius 3 is 2.42 bits per heavy atom. The standard InChI is InChI=1S/C14H10Br3FO/c1-19-13-5-2-8(6-11(13)16)14(17)10-4-3-9(15)7-12(10)18/h2-7,14H,1H3. The molecule has 0 amide bonds. The molecule has 1 unspecified atom stereocenters.